The number of phenols is 1. The zero-order chi connectivity index (χ0) is 14.7. The fourth-order valence-corrected chi connectivity index (χ4v) is 3.34. The number of nitrogens with one attached hydrogen (secondary N) is 1. The van der Waals surface area contributed by atoms with Gasteiger partial charge in [-0.3, -0.25) is 0 Å². The molecule has 0 atom stereocenters. The highest BCUT2D eigenvalue weighted by Crippen LogP contribution is 2.32. The molecule has 0 saturated carbocycles. The number of phenolic OH excluding ortho intramolecular Hbond substituents is 1. The molecule has 21 heavy (non-hydrogen) atoms. The quantitative estimate of drug-likeness (QED) is 0.644. The Hall–Kier alpha value is -1.78. The first-order valence-corrected chi connectivity index (χ1v) is 8.25. The highest BCUT2D eigenvalue weighted by atomic mass is 79.9. The van der Waals surface area contributed by atoms with Crippen molar-refractivity contribution >= 4 is 33.0 Å². The molecule has 106 valence electrons. The Kier molecular flexibility index (Phi) is 4.27. The molecular formula is C17H14BrNOS. The van der Waals surface area contributed by atoms with E-state index >= 15 is 0 Å². The molecule has 0 spiro atoms. The summed E-state index contributed by atoms with van der Waals surface area (Å²) in [5.74, 6) is 0.305. The van der Waals surface area contributed by atoms with Crippen molar-refractivity contribution in [2.24, 2.45) is 0 Å². The van der Waals surface area contributed by atoms with Crippen LogP contribution in [0.4, 0.5) is 5.69 Å². The molecule has 0 fully saturated rings. The molecule has 0 saturated heterocycles. The van der Waals surface area contributed by atoms with E-state index in [-0.39, 0.29) is 0 Å². The van der Waals surface area contributed by atoms with Crippen molar-refractivity contribution in [1.82, 2.24) is 0 Å². The topological polar surface area (TPSA) is 32.3 Å². The zero-order valence-electron chi connectivity index (χ0n) is 11.2. The van der Waals surface area contributed by atoms with E-state index in [0.29, 0.717) is 12.3 Å². The molecule has 4 heteroatoms. The van der Waals surface area contributed by atoms with Gasteiger partial charge in [0.2, 0.25) is 0 Å². The second kappa shape index (κ2) is 6.33. The van der Waals surface area contributed by atoms with Gasteiger partial charge in [0.05, 0.1) is 0 Å². The van der Waals surface area contributed by atoms with Crippen LogP contribution in [-0.4, -0.2) is 5.11 Å². The van der Waals surface area contributed by atoms with Gasteiger partial charge in [-0.15, -0.1) is 11.3 Å². The molecule has 2 nitrogen and oxygen atoms in total. The summed E-state index contributed by atoms with van der Waals surface area (Å²) in [6, 6.07) is 17.8. The van der Waals surface area contributed by atoms with Crippen LogP contribution < -0.4 is 5.32 Å². The fraction of sp³-hybridized carbons (Fsp3) is 0.0588. The molecule has 2 aromatic carbocycles. The van der Waals surface area contributed by atoms with E-state index in [0.717, 1.165) is 15.7 Å². The van der Waals surface area contributed by atoms with Crippen molar-refractivity contribution in [3.05, 3.63) is 70.0 Å². The van der Waals surface area contributed by atoms with Gasteiger partial charge < -0.3 is 10.4 Å². The van der Waals surface area contributed by atoms with Gasteiger partial charge in [0, 0.05) is 32.7 Å². The Morgan fingerprint density at radius 2 is 1.90 bits per heavy atom. The number of anilines is 1. The van der Waals surface area contributed by atoms with E-state index in [9.17, 15) is 5.11 Å². The maximum absolute atomic E-state index is 9.91. The summed E-state index contributed by atoms with van der Waals surface area (Å²) in [6.07, 6.45) is 0. The molecule has 0 aliphatic carbocycles. The minimum atomic E-state index is 0.305. The third-order valence-electron chi connectivity index (χ3n) is 3.22. The monoisotopic (exact) mass is 359 g/mol. The molecule has 2 N–H and O–H groups in total. The third kappa shape index (κ3) is 3.28. The van der Waals surface area contributed by atoms with Crippen LogP contribution in [0.3, 0.4) is 0 Å². The second-order valence-electron chi connectivity index (χ2n) is 4.65. The molecular weight excluding hydrogens is 346 g/mol. The lowest BCUT2D eigenvalue weighted by Gasteiger charge is -2.12. The van der Waals surface area contributed by atoms with E-state index in [4.69, 9.17) is 0 Å². The standard InChI is InChI=1S/C17H14BrNOS/c18-13-7-8-16(20)12(10-13)11-19-15-5-2-1-4-14(15)17-6-3-9-21-17/h1-10,19-20H,11H2. The number of para-hydroxylation sites is 1. The van der Waals surface area contributed by atoms with Gasteiger partial charge in [0.1, 0.15) is 5.75 Å². The average molecular weight is 360 g/mol. The van der Waals surface area contributed by atoms with Crippen molar-refractivity contribution in [2.45, 2.75) is 6.54 Å². The Morgan fingerprint density at radius 1 is 1.05 bits per heavy atom. The Bertz CT molecular complexity index is 740. The van der Waals surface area contributed by atoms with Crippen LogP contribution in [-0.2, 0) is 6.54 Å². The average Bonchev–Trinajstić information content (AvgIpc) is 3.03. The zero-order valence-corrected chi connectivity index (χ0v) is 13.6. The van der Waals surface area contributed by atoms with Crippen LogP contribution >= 0.6 is 27.3 Å². The van der Waals surface area contributed by atoms with E-state index < -0.39 is 0 Å². The Labute approximate surface area is 136 Å². The largest absolute Gasteiger partial charge is 0.508 e. The third-order valence-corrected chi connectivity index (χ3v) is 4.62. The lowest BCUT2D eigenvalue weighted by molar-refractivity contribution is 0.469. The summed E-state index contributed by atoms with van der Waals surface area (Å²) in [4.78, 5) is 1.23. The van der Waals surface area contributed by atoms with Crippen LogP contribution in [0.25, 0.3) is 10.4 Å². The van der Waals surface area contributed by atoms with Crippen molar-refractivity contribution in [3.8, 4) is 16.2 Å². The van der Waals surface area contributed by atoms with Crippen LogP contribution in [0.5, 0.6) is 5.75 Å². The second-order valence-corrected chi connectivity index (χ2v) is 6.51. The Morgan fingerprint density at radius 3 is 2.71 bits per heavy atom. The first-order valence-electron chi connectivity index (χ1n) is 6.58. The van der Waals surface area contributed by atoms with Crippen LogP contribution in [0.1, 0.15) is 5.56 Å². The van der Waals surface area contributed by atoms with Crippen molar-refractivity contribution in [1.29, 1.82) is 0 Å². The molecule has 1 heterocycles. The van der Waals surface area contributed by atoms with Crippen molar-refractivity contribution in [3.63, 3.8) is 0 Å². The maximum Gasteiger partial charge on any atom is 0.120 e. The van der Waals surface area contributed by atoms with E-state index in [1.807, 2.05) is 24.3 Å². The first kappa shape index (κ1) is 14.2. The van der Waals surface area contributed by atoms with Gasteiger partial charge in [0.15, 0.2) is 0 Å². The molecule has 1 aromatic heterocycles. The van der Waals surface area contributed by atoms with Crippen molar-refractivity contribution in [2.75, 3.05) is 5.32 Å². The first-order chi connectivity index (χ1) is 10.2. The predicted octanol–water partition coefficient (Wildman–Crippen LogP) is 5.50. The number of hydrogen-bond donors (Lipinski definition) is 2. The van der Waals surface area contributed by atoms with Gasteiger partial charge in [-0.1, -0.05) is 40.2 Å². The molecule has 0 radical (unpaired) electrons. The van der Waals surface area contributed by atoms with Crippen molar-refractivity contribution < 1.29 is 5.11 Å². The lowest BCUT2D eigenvalue weighted by atomic mass is 10.1. The van der Waals surface area contributed by atoms with E-state index in [2.05, 4.69) is 50.9 Å². The summed E-state index contributed by atoms with van der Waals surface area (Å²) in [5.41, 5.74) is 3.12. The molecule has 0 aliphatic heterocycles. The van der Waals surface area contributed by atoms with Gasteiger partial charge in [-0.25, -0.2) is 0 Å². The molecule has 0 bridgehead atoms. The molecule has 0 unspecified atom stereocenters. The number of benzene rings is 2. The maximum atomic E-state index is 9.91. The number of rotatable bonds is 4. The minimum absolute atomic E-state index is 0.305. The molecule has 0 amide bonds. The van der Waals surface area contributed by atoms with Gasteiger partial charge >= 0.3 is 0 Å². The van der Waals surface area contributed by atoms with E-state index in [1.165, 1.54) is 10.4 Å². The number of halogens is 1. The summed E-state index contributed by atoms with van der Waals surface area (Å²) < 4.78 is 0.962. The van der Waals surface area contributed by atoms with Crippen LogP contribution in [0.2, 0.25) is 0 Å². The highest BCUT2D eigenvalue weighted by molar-refractivity contribution is 9.10. The smallest absolute Gasteiger partial charge is 0.120 e. The van der Waals surface area contributed by atoms with Gasteiger partial charge in [-0.05, 0) is 35.7 Å². The van der Waals surface area contributed by atoms with Crippen LogP contribution in [0.15, 0.2) is 64.5 Å². The molecule has 3 aromatic rings. The van der Waals surface area contributed by atoms with E-state index in [1.54, 1.807) is 17.4 Å². The van der Waals surface area contributed by atoms with Gasteiger partial charge in [-0.2, -0.15) is 0 Å². The van der Waals surface area contributed by atoms with Gasteiger partial charge in [0.25, 0.3) is 0 Å². The lowest BCUT2D eigenvalue weighted by Crippen LogP contribution is -2.01. The Balaban J connectivity index is 1.84. The van der Waals surface area contributed by atoms with Crippen LogP contribution in [0, 0.1) is 0 Å². The molecule has 0 aliphatic rings. The minimum Gasteiger partial charge on any atom is -0.508 e. The summed E-state index contributed by atoms with van der Waals surface area (Å²) >= 11 is 5.15. The fourth-order valence-electron chi connectivity index (χ4n) is 2.17. The number of aromatic hydroxyl groups is 1. The normalized spacial score (nSPS) is 10.5. The summed E-state index contributed by atoms with van der Waals surface area (Å²) in [6.45, 7) is 0.577. The number of hydrogen-bond acceptors (Lipinski definition) is 3. The summed E-state index contributed by atoms with van der Waals surface area (Å²) in [5, 5.41) is 15.4. The predicted molar refractivity (Wildman–Crippen MR) is 92.9 cm³/mol. The molecule has 3 rings (SSSR count). The SMILES string of the molecule is Oc1ccc(Br)cc1CNc1ccccc1-c1cccs1. The highest BCUT2D eigenvalue weighted by Gasteiger charge is 2.07. The number of thiophene rings is 1. The summed E-state index contributed by atoms with van der Waals surface area (Å²) in [7, 11) is 0.